The van der Waals surface area contributed by atoms with Gasteiger partial charge in [0, 0.05) is 12.1 Å². The van der Waals surface area contributed by atoms with Gasteiger partial charge in [-0.25, -0.2) is 0 Å². The fraction of sp³-hybridized carbons (Fsp3) is 0.273. The van der Waals surface area contributed by atoms with E-state index >= 15 is 0 Å². The molecule has 0 unspecified atom stereocenters. The first-order valence-corrected chi connectivity index (χ1v) is 4.54. The number of nitrogens with one attached hydrogen (secondary N) is 1. The third-order valence-corrected chi connectivity index (χ3v) is 2.47. The molecule has 2 rings (SSSR count). The smallest absolute Gasteiger partial charge is 0.224 e. The van der Waals surface area contributed by atoms with E-state index in [9.17, 15) is 4.79 Å². The molecule has 0 saturated carbocycles. The average molecular weight is 186 g/mol. The first kappa shape index (κ1) is 8.76. The van der Waals surface area contributed by atoms with Gasteiger partial charge in [-0.2, -0.15) is 5.26 Å². The highest BCUT2D eigenvalue weighted by Gasteiger charge is 2.15. The Morgan fingerprint density at radius 1 is 1.43 bits per heavy atom. The fourth-order valence-corrected chi connectivity index (χ4v) is 1.67. The van der Waals surface area contributed by atoms with Crippen LogP contribution in [-0.4, -0.2) is 5.91 Å². The Balaban J connectivity index is 2.52. The molecule has 1 aliphatic rings. The molecule has 0 bridgehead atoms. The Bertz CT molecular complexity index is 443. The van der Waals surface area contributed by atoms with Crippen molar-refractivity contribution < 1.29 is 4.79 Å². The van der Waals surface area contributed by atoms with Crippen LogP contribution >= 0.6 is 0 Å². The zero-order valence-corrected chi connectivity index (χ0v) is 7.92. The van der Waals surface area contributed by atoms with E-state index in [1.54, 1.807) is 6.07 Å². The molecule has 14 heavy (non-hydrogen) atoms. The van der Waals surface area contributed by atoms with Gasteiger partial charge in [0.15, 0.2) is 0 Å². The molecule has 0 fully saturated rings. The van der Waals surface area contributed by atoms with Gasteiger partial charge in [0.05, 0.1) is 11.6 Å². The Morgan fingerprint density at radius 3 is 2.93 bits per heavy atom. The van der Waals surface area contributed by atoms with Crippen LogP contribution in [0.15, 0.2) is 12.1 Å². The van der Waals surface area contributed by atoms with E-state index in [1.165, 1.54) is 0 Å². The lowest BCUT2D eigenvalue weighted by Crippen LogP contribution is -2.19. The third kappa shape index (κ3) is 1.35. The quantitative estimate of drug-likeness (QED) is 0.671. The largest absolute Gasteiger partial charge is 0.326 e. The summed E-state index contributed by atoms with van der Waals surface area (Å²) in [4.78, 5) is 11.1. The van der Waals surface area contributed by atoms with E-state index in [0.29, 0.717) is 12.0 Å². The van der Waals surface area contributed by atoms with E-state index < -0.39 is 0 Å². The topological polar surface area (TPSA) is 52.9 Å². The Hall–Kier alpha value is -1.82. The summed E-state index contributed by atoms with van der Waals surface area (Å²) < 4.78 is 0. The SMILES string of the molecule is Cc1cc2c(cc1C#N)NC(=O)CC2. The molecule has 0 aliphatic carbocycles. The van der Waals surface area contributed by atoms with Crippen LogP contribution in [0.4, 0.5) is 5.69 Å². The molecule has 1 N–H and O–H groups in total. The Labute approximate surface area is 82.4 Å². The number of nitrogens with zero attached hydrogens (tertiary/aromatic N) is 1. The second-order valence-electron chi connectivity index (χ2n) is 3.48. The van der Waals surface area contributed by atoms with Crippen LogP contribution in [-0.2, 0) is 11.2 Å². The van der Waals surface area contributed by atoms with Crippen LogP contribution < -0.4 is 5.32 Å². The molecule has 0 saturated heterocycles. The normalized spacial score (nSPS) is 14.1. The van der Waals surface area contributed by atoms with Crippen molar-refractivity contribution >= 4 is 11.6 Å². The van der Waals surface area contributed by atoms with Crippen molar-refractivity contribution in [2.75, 3.05) is 5.32 Å². The van der Waals surface area contributed by atoms with Crippen LogP contribution in [0.2, 0.25) is 0 Å². The van der Waals surface area contributed by atoms with Gasteiger partial charge >= 0.3 is 0 Å². The molecule has 3 heteroatoms. The predicted molar refractivity (Wildman–Crippen MR) is 52.8 cm³/mol. The van der Waals surface area contributed by atoms with Crippen molar-refractivity contribution in [3.8, 4) is 6.07 Å². The van der Waals surface area contributed by atoms with Crippen LogP contribution in [0.1, 0.15) is 23.1 Å². The highest BCUT2D eigenvalue weighted by Crippen LogP contribution is 2.25. The van der Waals surface area contributed by atoms with Gasteiger partial charge in [-0.05, 0) is 30.5 Å². The zero-order valence-electron chi connectivity index (χ0n) is 7.92. The van der Waals surface area contributed by atoms with Crippen LogP contribution in [0.25, 0.3) is 0 Å². The summed E-state index contributed by atoms with van der Waals surface area (Å²) in [7, 11) is 0. The Morgan fingerprint density at radius 2 is 2.21 bits per heavy atom. The van der Waals surface area contributed by atoms with Crippen molar-refractivity contribution in [2.24, 2.45) is 0 Å². The van der Waals surface area contributed by atoms with Crippen LogP contribution in [0.3, 0.4) is 0 Å². The minimum absolute atomic E-state index is 0.0326. The molecule has 3 nitrogen and oxygen atoms in total. The third-order valence-electron chi connectivity index (χ3n) is 2.47. The second-order valence-corrected chi connectivity index (χ2v) is 3.48. The summed E-state index contributed by atoms with van der Waals surface area (Å²) in [5.74, 6) is 0.0326. The molecule has 0 atom stereocenters. The van der Waals surface area contributed by atoms with E-state index in [1.807, 2.05) is 13.0 Å². The van der Waals surface area contributed by atoms with Gasteiger partial charge in [-0.3, -0.25) is 4.79 Å². The highest BCUT2D eigenvalue weighted by molar-refractivity contribution is 5.94. The summed E-state index contributed by atoms with van der Waals surface area (Å²) in [6, 6.07) is 5.84. The lowest BCUT2D eigenvalue weighted by Gasteiger charge is -2.17. The zero-order chi connectivity index (χ0) is 10.1. The van der Waals surface area contributed by atoms with Crippen molar-refractivity contribution in [3.05, 3.63) is 28.8 Å². The number of rotatable bonds is 0. The molecule has 1 aliphatic heterocycles. The summed E-state index contributed by atoms with van der Waals surface area (Å²) in [6.07, 6.45) is 1.31. The maximum atomic E-state index is 11.1. The molecule has 1 amide bonds. The molecule has 0 spiro atoms. The minimum atomic E-state index is 0.0326. The summed E-state index contributed by atoms with van der Waals surface area (Å²) in [5.41, 5.74) is 3.53. The number of benzene rings is 1. The number of anilines is 1. The fourth-order valence-electron chi connectivity index (χ4n) is 1.67. The van der Waals surface area contributed by atoms with Gasteiger partial charge in [-0.1, -0.05) is 6.07 Å². The van der Waals surface area contributed by atoms with E-state index in [2.05, 4.69) is 11.4 Å². The molecule has 1 aromatic rings. The highest BCUT2D eigenvalue weighted by atomic mass is 16.1. The molecule has 1 heterocycles. The van der Waals surface area contributed by atoms with Gasteiger partial charge in [0.1, 0.15) is 0 Å². The number of amides is 1. The second kappa shape index (κ2) is 3.15. The summed E-state index contributed by atoms with van der Waals surface area (Å²) in [6.45, 7) is 1.91. The molecule has 70 valence electrons. The first-order valence-electron chi connectivity index (χ1n) is 4.54. The molecule has 0 aromatic heterocycles. The number of fused-ring (bicyclic) bond motifs is 1. The van der Waals surface area contributed by atoms with Gasteiger partial charge < -0.3 is 5.32 Å². The van der Waals surface area contributed by atoms with Crippen molar-refractivity contribution in [3.63, 3.8) is 0 Å². The monoisotopic (exact) mass is 186 g/mol. The summed E-state index contributed by atoms with van der Waals surface area (Å²) in [5, 5.41) is 11.6. The van der Waals surface area contributed by atoms with Crippen molar-refractivity contribution in [1.82, 2.24) is 0 Å². The van der Waals surface area contributed by atoms with Crippen molar-refractivity contribution in [2.45, 2.75) is 19.8 Å². The van der Waals surface area contributed by atoms with Crippen LogP contribution in [0.5, 0.6) is 0 Å². The Kier molecular flexibility index (Phi) is 1.97. The number of carbonyl (C=O) groups excluding carboxylic acids is 1. The maximum absolute atomic E-state index is 11.1. The van der Waals surface area contributed by atoms with Gasteiger partial charge in [-0.15, -0.1) is 0 Å². The molecule has 0 radical (unpaired) electrons. The number of carbonyl (C=O) groups is 1. The minimum Gasteiger partial charge on any atom is -0.326 e. The van der Waals surface area contributed by atoms with Gasteiger partial charge in [0.25, 0.3) is 0 Å². The van der Waals surface area contributed by atoms with E-state index in [0.717, 1.165) is 23.2 Å². The van der Waals surface area contributed by atoms with Gasteiger partial charge in [0.2, 0.25) is 5.91 Å². The molecular weight excluding hydrogens is 176 g/mol. The summed E-state index contributed by atoms with van der Waals surface area (Å²) >= 11 is 0. The first-order chi connectivity index (χ1) is 6.70. The standard InChI is InChI=1S/C11H10N2O/c1-7-4-8-2-3-11(14)13-10(8)5-9(7)6-12/h4-5H,2-3H2,1H3,(H,13,14). The number of aryl methyl sites for hydroxylation is 2. The number of hydrogen-bond acceptors (Lipinski definition) is 2. The lowest BCUT2D eigenvalue weighted by atomic mass is 9.97. The number of hydrogen-bond donors (Lipinski definition) is 1. The number of nitriles is 1. The molecular formula is C11H10N2O. The predicted octanol–water partition coefficient (Wildman–Crippen LogP) is 1.75. The van der Waals surface area contributed by atoms with E-state index in [-0.39, 0.29) is 5.91 Å². The van der Waals surface area contributed by atoms with Crippen LogP contribution in [0, 0.1) is 18.3 Å². The van der Waals surface area contributed by atoms with Crippen molar-refractivity contribution in [1.29, 1.82) is 5.26 Å². The average Bonchev–Trinajstić information content (AvgIpc) is 2.17. The van der Waals surface area contributed by atoms with E-state index in [4.69, 9.17) is 5.26 Å². The lowest BCUT2D eigenvalue weighted by molar-refractivity contribution is -0.116. The maximum Gasteiger partial charge on any atom is 0.224 e. The molecule has 1 aromatic carbocycles.